The van der Waals surface area contributed by atoms with Gasteiger partial charge in [-0.2, -0.15) is 0 Å². The van der Waals surface area contributed by atoms with E-state index in [1.54, 1.807) is 12.1 Å². The van der Waals surface area contributed by atoms with Crippen LogP contribution in [0.25, 0.3) is 11.3 Å². The van der Waals surface area contributed by atoms with Crippen molar-refractivity contribution in [2.75, 3.05) is 0 Å². The molecular formula is C24H30ClFN2O2. The molecule has 0 saturated heterocycles. The normalized spacial score (nSPS) is 25.2. The van der Waals surface area contributed by atoms with Crippen LogP contribution in [0.15, 0.2) is 24.3 Å². The highest BCUT2D eigenvalue weighted by molar-refractivity contribution is 6.30. The van der Waals surface area contributed by atoms with E-state index in [9.17, 15) is 14.3 Å². The summed E-state index contributed by atoms with van der Waals surface area (Å²) in [6.07, 6.45) is 4.06. The minimum absolute atomic E-state index is 0.212. The molecule has 4 nitrogen and oxygen atoms in total. The van der Waals surface area contributed by atoms with Crippen molar-refractivity contribution in [3.05, 3.63) is 46.4 Å². The molecule has 0 spiro atoms. The van der Waals surface area contributed by atoms with Gasteiger partial charge < -0.3 is 15.0 Å². The molecule has 2 aliphatic rings. The van der Waals surface area contributed by atoms with Crippen molar-refractivity contribution in [2.24, 2.45) is 11.3 Å². The SMILES string of the molecule is Cc1c(C(=O)N[C@@H]2CCCC[C@H]2O)cc(-c2cc(Cl)ccc2F)n1CC1CC1(C)C. The number of carbonyl (C=O) groups is 1. The van der Waals surface area contributed by atoms with E-state index >= 15 is 0 Å². The zero-order chi connectivity index (χ0) is 21.6. The van der Waals surface area contributed by atoms with E-state index in [2.05, 4.69) is 23.7 Å². The highest BCUT2D eigenvalue weighted by Crippen LogP contribution is 2.53. The second-order valence-electron chi connectivity index (χ2n) is 9.58. The number of halogens is 2. The van der Waals surface area contributed by atoms with Gasteiger partial charge in [0.05, 0.1) is 23.4 Å². The van der Waals surface area contributed by atoms with E-state index in [0.29, 0.717) is 34.2 Å². The van der Waals surface area contributed by atoms with Crippen LogP contribution >= 0.6 is 11.6 Å². The predicted molar refractivity (Wildman–Crippen MR) is 117 cm³/mol. The van der Waals surface area contributed by atoms with Crippen molar-refractivity contribution < 1.29 is 14.3 Å². The summed E-state index contributed by atoms with van der Waals surface area (Å²) in [6.45, 7) is 7.11. The van der Waals surface area contributed by atoms with Crippen LogP contribution in [0, 0.1) is 24.1 Å². The van der Waals surface area contributed by atoms with Crippen LogP contribution in [0.2, 0.25) is 5.02 Å². The van der Waals surface area contributed by atoms with Gasteiger partial charge in [-0.25, -0.2) is 4.39 Å². The number of amides is 1. The van der Waals surface area contributed by atoms with Crippen molar-refractivity contribution in [3.8, 4) is 11.3 Å². The Kier molecular flexibility index (Phi) is 5.71. The molecule has 30 heavy (non-hydrogen) atoms. The van der Waals surface area contributed by atoms with Crippen LogP contribution < -0.4 is 5.32 Å². The van der Waals surface area contributed by atoms with Gasteiger partial charge in [-0.3, -0.25) is 4.79 Å². The van der Waals surface area contributed by atoms with Crippen LogP contribution in [0.5, 0.6) is 0 Å². The molecule has 1 aromatic carbocycles. The van der Waals surface area contributed by atoms with Gasteiger partial charge in [-0.05, 0) is 61.8 Å². The van der Waals surface area contributed by atoms with Crippen LogP contribution in [0.1, 0.15) is 62.0 Å². The Morgan fingerprint density at radius 3 is 2.67 bits per heavy atom. The molecule has 2 aromatic rings. The molecular weight excluding hydrogens is 403 g/mol. The quantitative estimate of drug-likeness (QED) is 0.670. The number of aliphatic hydroxyl groups is 1. The van der Waals surface area contributed by atoms with Crippen LogP contribution in [-0.2, 0) is 6.54 Å². The molecule has 1 heterocycles. The smallest absolute Gasteiger partial charge is 0.253 e. The Hall–Kier alpha value is -1.85. The molecule has 0 aliphatic heterocycles. The number of aliphatic hydroxyl groups excluding tert-OH is 1. The topological polar surface area (TPSA) is 54.3 Å². The fraction of sp³-hybridized carbons (Fsp3) is 0.542. The second kappa shape index (κ2) is 8.01. The minimum atomic E-state index is -0.512. The van der Waals surface area contributed by atoms with Crippen molar-refractivity contribution >= 4 is 17.5 Å². The number of rotatable bonds is 5. The zero-order valence-electron chi connectivity index (χ0n) is 17.8. The maximum absolute atomic E-state index is 14.7. The maximum atomic E-state index is 14.7. The first-order chi connectivity index (χ1) is 14.2. The summed E-state index contributed by atoms with van der Waals surface area (Å²) in [6, 6.07) is 6.05. The maximum Gasteiger partial charge on any atom is 0.253 e. The molecule has 1 amide bonds. The fourth-order valence-corrected chi connectivity index (χ4v) is 4.83. The lowest BCUT2D eigenvalue weighted by Crippen LogP contribution is -2.45. The van der Waals surface area contributed by atoms with Crippen LogP contribution in [0.4, 0.5) is 4.39 Å². The summed E-state index contributed by atoms with van der Waals surface area (Å²) in [5.74, 6) is -0.0838. The van der Waals surface area contributed by atoms with Crippen molar-refractivity contribution in [3.63, 3.8) is 0 Å². The van der Waals surface area contributed by atoms with Crippen molar-refractivity contribution in [1.82, 2.24) is 9.88 Å². The second-order valence-corrected chi connectivity index (χ2v) is 10.0. The van der Waals surface area contributed by atoms with Crippen molar-refractivity contribution in [1.29, 1.82) is 0 Å². The third-order valence-corrected chi connectivity index (χ3v) is 7.22. The first-order valence-electron chi connectivity index (χ1n) is 10.8. The zero-order valence-corrected chi connectivity index (χ0v) is 18.6. The summed E-state index contributed by atoms with van der Waals surface area (Å²) in [5.41, 5.74) is 2.68. The summed E-state index contributed by atoms with van der Waals surface area (Å²) in [4.78, 5) is 13.1. The van der Waals surface area contributed by atoms with Gasteiger partial charge in [0.2, 0.25) is 0 Å². The Labute approximate surface area is 182 Å². The number of nitrogens with zero attached hydrogens (tertiary/aromatic N) is 1. The Balaban J connectivity index is 1.70. The van der Waals surface area contributed by atoms with Gasteiger partial charge in [-0.1, -0.05) is 38.3 Å². The van der Waals surface area contributed by atoms with Crippen LogP contribution in [-0.4, -0.2) is 27.7 Å². The summed E-state index contributed by atoms with van der Waals surface area (Å²) in [7, 11) is 0. The highest BCUT2D eigenvalue weighted by Gasteiger charge is 2.46. The first-order valence-corrected chi connectivity index (χ1v) is 11.2. The summed E-state index contributed by atoms with van der Waals surface area (Å²) in [5, 5.41) is 13.7. The molecule has 3 atom stereocenters. The Bertz CT molecular complexity index is 968. The summed E-state index contributed by atoms with van der Waals surface area (Å²) >= 11 is 6.15. The number of nitrogens with one attached hydrogen (secondary N) is 1. The molecule has 2 N–H and O–H groups in total. The summed E-state index contributed by atoms with van der Waals surface area (Å²) < 4.78 is 16.8. The Morgan fingerprint density at radius 1 is 1.30 bits per heavy atom. The molecule has 2 saturated carbocycles. The molecule has 0 radical (unpaired) electrons. The monoisotopic (exact) mass is 432 g/mol. The van der Waals surface area contributed by atoms with E-state index in [4.69, 9.17) is 11.6 Å². The van der Waals surface area contributed by atoms with Gasteiger partial charge in [-0.15, -0.1) is 0 Å². The van der Waals surface area contributed by atoms with E-state index in [1.165, 1.54) is 12.1 Å². The first kappa shape index (κ1) is 21.4. The molecule has 2 fully saturated rings. The third-order valence-electron chi connectivity index (χ3n) is 6.98. The molecule has 0 bridgehead atoms. The van der Waals surface area contributed by atoms with E-state index in [0.717, 1.165) is 37.9 Å². The average molecular weight is 433 g/mol. The number of hydrogen-bond donors (Lipinski definition) is 2. The lowest BCUT2D eigenvalue weighted by atomic mass is 9.92. The van der Waals surface area contributed by atoms with Gasteiger partial charge in [0, 0.05) is 22.8 Å². The third kappa shape index (κ3) is 4.15. The van der Waals surface area contributed by atoms with E-state index < -0.39 is 6.10 Å². The lowest BCUT2D eigenvalue weighted by molar-refractivity contribution is 0.0716. The number of carbonyl (C=O) groups excluding carboxylic acids is 1. The highest BCUT2D eigenvalue weighted by atomic mass is 35.5. The largest absolute Gasteiger partial charge is 0.391 e. The van der Waals surface area contributed by atoms with Gasteiger partial charge >= 0.3 is 0 Å². The minimum Gasteiger partial charge on any atom is -0.391 e. The van der Waals surface area contributed by atoms with Crippen LogP contribution in [0.3, 0.4) is 0 Å². The average Bonchev–Trinajstić information content (AvgIpc) is 3.16. The van der Waals surface area contributed by atoms with E-state index in [-0.39, 0.29) is 23.2 Å². The molecule has 2 aliphatic carbocycles. The number of benzene rings is 1. The van der Waals surface area contributed by atoms with Gasteiger partial charge in [0.15, 0.2) is 0 Å². The van der Waals surface area contributed by atoms with Crippen molar-refractivity contribution in [2.45, 2.75) is 71.6 Å². The standard InChI is InChI=1S/C24H30ClFN2O2/c1-14-17(23(30)27-20-6-4-5-7-22(20)29)11-21(18-10-16(25)8-9-19(18)26)28(14)13-15-12-24(15,2)3/h8-11,15,20,22,29H,4-7,12-13H2,1-3H3,(H,27,30)/t15?,20-,22-/m1/s1. The lowest BCUT2D eigenvalue weighted by Gasteiger charge is -2.28. The predicted octanol–water partition coefficient (Wildman–Crippen LogP) is 5.34. The molecule has 6 heteroatoms. The fourth-order valence-electron chi connectivity index (χ4n) is 4.66. The molecule has 1 aromatic heterocycles. The van der Waals surface area contributed by atoms with Gasteiger partial charge in [0.25, 0.3) is 5.91 Å². The number of hydrogen-bond acceptors (Lipinski definition) is 2. The molecule has 162 valence electrons. The van der Waals surface area contributed by atoms with E-state index in [1.807, 2.05) is 6.92 Å². The molecule has 1 unspecified atom stereocenters. The Morgan fingerprint density at radius 2 is 2.00 bits per heavy atom. The van der Waals surface area contributed by atoms with Gasteiger partial charge in [0.1, 0.15) is 5.82 Å². The number of aromatic nitrogens is 1. The molecule has 4 rings (SSSR count).